The first-order chi connectivity index (χ1) is 5.90. The summed E-state index contributed by atoms with van der Waals surface area (Å²) in [7, 11) is 3.68. The van der Waals surface area contributed by atoms with E-state index in [2.05, 4.69) is 7.05 Å². The molecule has 0 spiro atoms. The van der Waals surface area contributed by atoms with Crippen LogP contribution in [0.15, 0.2) is 18.2 Å². The molecule has 3 nitrogen and oxygen atoms in total. The van der Waals surface area contributed by atoms with Gasteiger partial charge in [0.05, 0.1) is 6.54 Å². The number of rotatable bonds is 2. The van der Waals surface area contributed by atoms with Gasteiger partial charge in [0.1, 0.15) is 0 Å². The van der Waals surface area contributed by atoms with E-state index in [0.29, 0.717) is 6.79 Å². The molecule has 1 heterocycles. The number of hydrogen-bond acceptors (Lipinski definition) is 2. The second kappa shape index (κ2) is 3.03. The van der Waals surface area contributed by atoms with Gasteiger partial charge in [0.15, 0.2) is 11.5 Å². The minimum atomic E-state index is 0.340. The molecule has 0 aliphatic carbocycles. The minimum Gasteiger partial charge on any atom is -0.475 e. The van der Waals surface area contributed by atoms with Gasteiger partial charge in [-0.3, -0.25) is 0 Å². The lowest BCUT2D eigenvalue weighted by molar-refractivity contribution is -0.612. The van der Waals surface area contributed by atoms with Gasteiger partial charge in [-0.25, -0.2) is 0 Å². The van der Waals surface area contributed by atoms with E-state index in [-0.39, 0.29) is 0 Å². The molecule has 12 heavy (non-hydrogen) atoms. The minimum absolute atomic E-state index is 0.340. The van der Waals surface area contributed by atoms with Gasteiger partial charge in [-0.05, 0) is 18.2 Å². The maximum atomic E-state index is 5.23. The van der Waals surface area contributed by atoms with Crippen molar-refractivity contribution < 1.29 is 14.8 Å². The molecule has 3 heteroatoms. The normalized spacial score (nSPS) is 13.4. The van der Waals surface area contributed by atoms with E-state index < -0.39 is 0 Å². The highest BCUT2D eigenvalue weighted by molar-refractivity contribution is 5.44. The number of benzene rings is 1. The topological polar surface area (TPSA) is 35.1 Å². The van der Waals surface area contributed by atoms with E-state index in [0.717, 1.165) is 18.0 Å². The molecule has 0 radical (unpaired) electrons. The van der Waals surface area contributed by atoms with Gasteiger partial charge in [-0.1, -0.05) is 0 Å². The molecule has 0 atom stereocenters. The highest BCUT2D eigenvalue weighted by Gasteiger charge is 2.12. The summed E-state index contributed by atoms with van der Waals surface area (Å²) < 4.78 is 10.4. The number of fused-ring (bicyclic) bond motifs is 1. The Balaban J connectivity index is 2.26. The van der Waals surface area contributed by atoms with E-state index in [1.54, 1.807) is 0 Å². The zero-order chi connectivity index (χ0) is 8.39. The molecule has 0 aromatic heterocycles. The van der Waals surface area contributed by atoms with Gasteiger partial charge in [-0.15, -0.1) is 0 Å². The van der Waals surface area contributed by atoms with Crippen LogP contribution in [0, 0.1) is 7.05 Å². The molecule has 0 bridgehead atoms. The van der Waals surface area contributed by atoms with Crippen molar-refractivity contribution in [2.75, 3.05) is 6.79 Å². The molecule has 1 aromatic carbocycles. The van der Waals surface area contributed by atoms with Gasteiger partial charge < -0.3 is 14.8 Å². The quantitative estimate of drug-likeness (QED) is 0.638. The van der Waals surface area contributed by atoms with Crippen molar-refractivity contribution in [2.45, 2.75) is 6.54 Å². The zero-order valence-corrected chi connectivity index (χ0v) is 6.75. The second-order valence-electron chi connectivity index (χ2n) is 2.68. The van der Waals surface area contributed by atoms with Gasteiger partial charge in [0.2, 0.25) is 6.79 Å². The standard InChI is InChI=1S/C9H11NO2/c1-10-5-7-2-3-8-9(4-7)12-6-11-8/h2-4H,1,5-6,10H2. The summed E-state index contributed by atoms with van der Waals surface area (Å²) in [5.41, 5.74) is 1.20. The summed E-state index contributed by atoms with van der Waals surface area (Å²) in [6.07, 6.45) is 0. The summed E-state index contributed by atoms with van der Waals surface area (Å²) in [6.45, 7) is 1.21. The fourth-order valence-electron chi connectivity index (χ4n) is 1.23. The first-order valence-corrected chi connectivity index (χ1v) is 3.89. The van der Waals surface area contributed by atoms with Crippen LogP contribution in [-0.4, -0.2) is 6.79 Å². The molecule has 0 unspecified atom stereocenters. The highest BCUT2D eigenvalue weighted by Crippen LogP contribution is 2.32. The monoisotopic (exact) mass is 165 g/mol. The van der Waals surface area contributed by atoms with Crippen LogP contribution in [0.2, 0.25) is 0 Å². The van der Waals surface area contributed by atoms with Gasteiger partial charge in [0, 0.05) is 5.56 Å². The zero-order valence-electron chi connectivity index (χ0n) is 6.75. The third-order valence-corrected chi connectivity index (χ3v) is 1.82. The molecule has 64 valence electrons. The highest BCUT2D eigenvalue weighted by atomic mass is 16.7. The first-order valence-electron chi connectivity index (χ1n) is 3.89. The predicted octanol–water partition coefficient (Wildman–Crippen LogP) is 0.270. The lowest BCUT2D eigenvalue weighted by Crippen LogP contribution is -2.74. The van der Waals surface area contributed by atoms with Crippen LogP contribution in [0.5, 0.6) is 11.5 Å². The Bertz CT molecular complexity index is 286. The maximum Gasteiger partial charge on any atom is 0.231 e. The van der Waals surface area contributed by atoms with Crippen LogP contribution in [0.4, 0.5) is 0 Å². The van der Waals surface area contributed by atoms with E-state index in [4.69, 9.17) is 9.47 Å². The summed E-state index contributed by atoms with van der Waals surface area (Å²) in [4.78, 5) is 0. The number of ether oxygens (including phenoxy) is 2. The Morgan fingerprint density at radius 1 is 1.33 bits per heavy atom. The number of nitrogens with two attached hydrogens (primary N) is 1. The molecule has 1 aromatic rings. The van der Waals surface area contributed by atoms with E-state index in [1.807, 2.05) is 23.5 Å². The Morgan fingerprint density at radius 2 is 2.17 bits per heavy atom. The number of hydrogen-bond donors (Lipinski definition) is 1. The van der Waals surface area contributed by atoms with Crippen LogP contribution in [0.1, 0.15) is 5.56 Å². The molecule has 2 rings (SSSR count). The molecule has 0 fully saturated rings. The van der Waals surface area contributed by atoms with Crippen molar-refractivity contribution in [3.8, 4) is 11.5 Å². The van der Waals surface area contributed by atoms with Crippen LogP contribution in [-0.2, 0) is 6.54 Å². The second-order valence-corrected chi connectivity index (χ2v) is 2.68. The Hall–Kier alpha value is -1.22. The lowest BCUT2D eigenvalue weighted by atomic mass is 10.2. The average molecular weight is 165 g/mol. The lowest BCUT2D eigenvalue weighted by Gasteiger charge is -2.01. The van der Waals surface area contributed by atoms with Crippen molar-refractivity contribution in [3.63, 3.8) is 0 Å². The van der Waals surface area contributed by atoms with Crippen LogP contribution >= 0.6 is 0 Å². The summed E-state index contributed by atoms with van der Waals surface area (Å²) in [5.74, 6) is 1.68. The molecule has 2 N–H and O–H groups in total. The molecule has 1 aliphatic rings. The predicted molar refractivity (Wildman–Crippen MR) is 43.6 cm³/mol. The average Bonchev–Trinajstić information content (AvgIpc) is 2.51. The fraction of sp³-hybridized carbons (Fsp3) is 0.222. The van der Waals surface area contributed by atoms with Crippen LogP contribution < -0.4 is 14.8 Å². The van der Waals surface area contributed by atoms with Crippen molar-refractivity contribution in [2.24, 2.45) is 0 Å². The van der Waals surface area contributed by atoms with Crippen molar-refractivity contribution in [3.05, 3.63) is 30.8 Å². The van der Waals surface area contributed by atoms with E-state index in [1.165, 1.54) is 5.56 Å². The molecule has 0 saturated carbocycles. The van der Waals surface area contributed by atoms with Crippen molar-refractivity contribution in [1.82, 2.24) is 0 Å². The Kier molecular flexibility index (Phi) is 1.87. The van der Waals surface area contributed by atoms with Gasteiger partial charge >= 0.3 is 0 Å². The molecular weight excluding hydrogens is 154 g/mol. The van der Waals surface area contributed by atoms with Crippen molar-refractivity contribution >= 4 is 0 Å². The van der Waals surface area contributed by atoms with Crippen LogP contribution in [0.3, 0.4) is 0 Å². The molecule has 1 aliphatic heterocycles. The summed E-state index contributed by atoms with van der Waals surface area (Å²) in [6, 6.07) is 5.94. The third-order valence-electron chi connectivity index (χ3n) is 1.82. The Morgan fingerprint density at radius 3 is 3.00 bits per heavy atom. The number of quaternary nitrogens is 1. The largest absolute Gasteiger partial charge is 0.475 e. The van der Waals surface area contributed by atoms with E-state index >= 15 is 0 Å². The smallest absolute Gasteiger partial charge is 0.231 e. The van der Waals surface area contributed by atoms with Crippen LogP contribution in [0.25, 0.3) is 0 Å². The first kappa shape index (κ1) is 7.43. The molecule has 0 saturated heterocycles. The Labute approximate surface area is 71.3 Å². The van der Waals surface area contributed by atoms with E-state index in [9.17, 15) is 0 Å². The fourth-order valence-corrected chi connectivity index (χ4v) is 1.23. The van der Waals surface area contributed by atoms with Crippen molar-refractivity contribution in [1.29, 1.82) is 0 Å². The molecular formula is C9H11NO2. The maximum absolute atomic E-state index is 5.23. The molecule has 0 amide bonds. The third kappa shape index (κ3) is 1.23. The van der Waals surface area contributed by atoms with Gasteiger partial charge in [-0.2, -0.15) is 7.05 Å². The SMILES string of the molecule is [CH2-][NH2+]Cc1ccc2c(c1)OCO2. The van der Waals surface area contributed by atoms with Gasteiger partial charge in [0.25, 0.3) is 0 Å². The summed E-state index contributed by atoms with van der Waals surface area (Å²) in [5, 5.41) is 1.87. The summed E-state index contributed by atoms with van der Waals surface area (Å²) >= 11 is 0.